The van der Waals surface area contributed by atoms with Gasteiger partial charge in [0.15, 0.2) is 6.61 Å². The summed E-state index contributed by atoms with van der Waals surface area (Å²) in [6, 6.07) is 1.53. The molecule has 0 bridgehead atoms. The van der Waals surface area contributed by atoms with Gasteiger partial charge < -0.3 is 10.5 Å². The number of hydrogen-bond donors (Lipinski definition) is 1. The highest BCUT2D eigenvalue weighted by molar-refractivity contribution is 5.45. The maximum absolute atomic E-state index is 11.7. The van der Waals surface area contributed by atoms with Crippen LogP contribution in [0.2, 0.25) is 0 Å². The Bertz CT molecular complexity index is 291. The monoisotopic (exact) mass is 188 g/mol. The van der Waals surface area contributed by atoms with Crippen LogP contribution in [0.25, 0.3) is 0 Å². The van der Waals surface area contributed by atoms with Gasteiger partial charge in [-0.2, -0.15) is 0 Å². The topological polar surface area (TPSA) is 48.1 Å². The molecule has 1 heterocycles. The Morgan fingerprint density at radius 1 is 1.62 bits per heavy atom. The summed E-state index contributed by atoms with van der Waals surface area (Å²) in [5, 5.41) is 0. The van der Waals surface area contributed by atoms with E-state index in [-0.39, 0.29) is 5.88 Å². The molecule has 0 saturated carbocycles. The highest BCUT2D eigenvalue weighted by Gasteiger charge is 2.04. The van der Waals surface area contributed by atoms with E-state index in [1.165, 1.54) is 12.3 Å². The van der Waals surface area contributed by atoms with E-state index < -0.39 is 13.0 Å². The second kappa shape index (κ2) is 4.02. The summed E-state index contributed by atoms with van der Waals surface area (Å²) in [5.41, 5.74) is 6.76. The minimum Gasteiger partial charge on any atom is -0.472 e. The molecule has 0 aromatic carbocycles. The predicted octanol–water partition coefficient (Wildman–Crippen LogP) is 1.62. The fourth-order valence-corrected chi connectivity index (χ4v) is 0.768. The van der Waals surface area contributed by atoms with Gasteiger partial charge in [-0.25, -0.2) is 13.8 Å². The molecule has 0 aliphatic heterocycles. The third kappa shape index (κ3) is 2.85. The molecule has 0 aliphatic carbocycles. The average Bonchev–Trinajstić information content (AvgIpc) is 2.07. The zero-order valence-corrected chi connectivity index (χ0v) is 7.13. The molecule has 0 radical (unpaired) electrons. The molecule has 0 fully saturated rings. The second-order valence-corrected chi connectivity index (χ2v) is 2.58. The number of rotatable bonds is 3. The van der Waals surface area contributed by atoms with Gasteiger partial charge >= 0.3 is 0 Å². The van der Waals surface area contributed by atoms with Crippen molar-refractivity contribution < 1.29 is 13.5 Å². The minimum atomic E-state index is -2.49. The molecule has 0 unspecified atom stereocenters. The number of nitrogen functional groups attached to an aromatic ring is 1. The Morgan fingerprint density at radius 3 is 2.85 bits per heavy atom. The first-order chi connectivity index (χ1) is 6.09. The number of nitrogens with zero attached hydrogens (tertiary/aromatic N) is 1. The summed E-state index contributed by atoms with van der Waals surface area (Å²) in [5.74, 6) is 0.173. The molecule has 0 amide bonds. The Labute approximate surface area is 74.5 Å². The van der Waals surface area contributed by atoms with E-state index in [9.17, 15) is 8.78 Å². The van der Waals surface area contributed by atoms with Crippen LogP contribution < -0.4 is 10.5 Å². The lowest BCUT2D eigenvalue weighted by atomic mass is 10.2. The highest BCUT2D eigenvalue weighted by Crippen LogP contribution is 2.15. The summed E-state index contributed by atoms with van der Waals surface area (Å²) in [6.07, 6.45) is -1.10. The van der Waals surface area contributed by atoms with Crippen molar-refractivity contribution in [3.8, 4) is 5.88 Å². The SMILES string of the molecule is Cc1cc(OCC(F)F)ncc1N. The minimum absolute atomic E-state index is 0.173. The molecule has 0 spiro atoms. The van der Waals surface area contributed by atoms with Crippen molar-refractivity contribution in [3.63, 3.8) is 0 Å². The van der Waals surface area contributed by atoms with E-state index in [0.717, 1.165) is 5.56 Å². The molecular formula is C8H10F2N2O. The molecule has 5 heteroatoms. The number of ether oxygens (including phenoxy) is 1. The van der Waals surface area contributed by atoms with Crippen molar-refractivity contribution in [3.05, 3.63) is 17.8 Å². The van der Waals surface area contributed by atoms with Gasteiger partial charge in [-0.15, -0.1) is 0 Å². The molecule has 3 nitrogen and oxygen atoms in total. The Kier molecular flexibility index (Phi) is 3.00. The molecule has 0 atom stereocenters. The number of halogens is 2. The van der Waals surface area contributed by atoms with Crippen molar-refractivity contribution >= 4 is 5.69 Å². The van der Waals surface area contributed by atoms with Gasteiger partial charge in [0, 0.05) is 6.07 Å². The van der Waals surface area contributed by atoms with E-state index in [4.69, 9.17) is 5.73 Å². The van der Waals surface area contributed by atoms with Gasteiger partial charge in [0.05, 0.1) is 11.9 Å². The predicted molar refractivity (Wildman–Crippen MR) is 44.9 cm³/mol. The number of alkyl halides is 2. The van der Waals surface area contributed by atoms with Crippen molar-refractivity contribution in [2.24, 2.45) is 0 Å². The fraction of sp³-hybridized carbons (Fsp3) is 0.375. The first-order valence-corrected chi connectivity index (χ1v) is 3.72. The lowest BCUT2D eigenvalue weighted by molar-refractivity contribution is 0.0796. The molecule has 1 rings (SSSR count). The van der Waals surface area contributed by atoms with Crippen LogP contribution in [-0.2, 0) is 0 Å². The van der Waals surface area contributed by atoms with E-state index in [2.05, 4.69) is 9.72 Å². The molecular weight excluding hydrogens is 178 g/mol. The number of hydrogen-bond acceptors (Lipinski definition) is 3. The van der Waals surface area contributed by atoms with Crippen LogP contribution in [0.1, 0.15) is 5.56 Å². The van der Waals surface area contributed by atoms with Gasteiger partial charge in [-0.1, -0.05) is 0 Å². The Balaban J connectivity index is 2.63. The first kappa shape index (κ1) is 9.70. The molecule has 1 aromatic heterocycles. The quantitative estimate of drug-likeness (QED) is 0.784. The maximum atomic E-state index is 11.7. The maximum Gasteiger partial charge on any atom is 0.272 e. The molecule has 2 N–H and O–H groups in total. The Morgan fingerprint density at radius 2 is 2.31 bits per heavy atom. The van der Waals surface area contributed by atoms with Crippen LogP contribution >= 0.6 is 0 Å². The summed E-state index contributed by atoms with van der Waals surface area (Å²) in [7, 11) is 0. The van der Waals surface area contributed by atoms with Gasteiger partial charge in [0.25, 0.3) is 6.43 Å². The molecule has 13 heavy (non-hydrogen) atoms. The van der Waals surface area contributed by atoms with E-state index in [1.807, 2.05) is 0 Å². The van der Waals surface area contributed by atoms with Crippen LogP contribution in [-0.4, -0.2) is 18.0 Å². The van der Waals surface area contributed by atoms with E-state index in [1.54, 1.807) is 6.92 Å². The van der Waals surface area contributed by atoms with Crippen LogP contribution in [0, 0.1) is 6.92 Å². The average molecular weight is 188 g/mol. The molecule has 72 valence electrons. The van der Waals surface area contributed by atoms with Gasteiger partial charge in [0.1, 0.15) is 0 Å². The largest absolute Gasteiger partial charge is 0.472 e. The molecule has 0 aliphatic rings. The first-order valence-electron chi connectivity index (χ1n) is 3.72. The second-order valence-electron chi connectivity index (χ2n) is 2.58. The summed E-state index contributed by atoms with van der Waals surface area (Å²) in [4.78, 5) is 3.73. The highest BCUT2D eigenvalue weighted by atomic mass is 19.3. The van der Waals surface area contributed by atoms with Crippen molar-refractivity contribution in [1.29, 1.82) is 0 Å². The zero-order chi connectivity index (χ0) is 9.84. The van der Waals surface area contributed by atoms with Gasteiger partial charge in [0.2, 0.25) is 5.88 Å². The van der Waals surface area contributed by atoms with Crippen molar-refractivity contribution in [2.45, 2.75) is 13.3 Å². The van der Waals surface area contributed by atoms with E-state index >= 15 is 0 Å². The van der Waals surface area contributed by atoms with Crippen LogP contribution in [0.4, 0.5) is 14.5 Å². The van der Waals surface area contributed by atoms with Crippen molar-refractivity contribution in [1.82, 2.24) is 4.98 Å². The summed E-state index contributed by atoms with van der Waals surface area (Å²) in [6.45, 7) is 1.11. The number of aryl methyl sites for hydroxylation is 1. The number of aromatic nitrogens is 1. The smallest absolute Gasteiger partial charge is 0.272 e. The zero-order valence-electron chi connectivity index (χ0n) is 7.13. The fourth-order valence-electron chi connectivity index (χ4n) is 0.768. The third-order valence-electron chi connectivity index (χ3n) is 1.48. The standard InChI is InChI=1S/C8H10F2N2O/c1-5-2-8(12-3-6(5)11)13-4-7(9)10/h2-3,7H,4,11H2,1H3. The molecule has 1 aromatic rings. The van der Waals surface area contributed by atoms with Gasteiger partial charge in [-0.3, -0.25) is 0 Å². The lowest BCUT2D eigenvalue weighted by Crippen LogP contribution is -2.08. The number of nitrogens with two attached hydrogens (primary N) is 1. The summed E-state index contributed by atoms with van der Waals surface area (Å²) >= 11 is 0. The Hall–Kier alpha value is -1.39. The van der Waals surface area contributed by atoms with Gasteiger partial charge in [-0.05, 0) is 12.5 Å². The van der Waals surface area contributed by atoms with Crippen LogP contribution in [0.3, 0.4) is 0 Å². The lowest BCUT2D eigenvalue weighted by Gasteiger charge is -2.05. The van der Waals surface area contributed by atoms with E-state index in [0.29, 0.717) is 5.69 Å². The third-order valence-corrected chi connectivity index (χ3v) is 1.48. The molecule has 0 saturated heterocycles. The van der Waals surface area contributed by atoms with Crippen molar-refractivity contribution in [2.75, 3.05) is 12.3 Å². The number of pyridine rings is 1. The van der Waals surface area contributed by atoms with Crippen LogP contribution in [0.15, 0.2) is 12.3 Å². The van der Waals surface area contributed by atoms with Crippen LogP contribution in [0.5, 0.6) is 5.88 Å². The number of anilines is 1. The summed E-state index contributed by atoms with van der Waals surface area (Å²) < 4.78 is 28.1. The normalized spacial score (nSPS) is 10.5.